The largest absolute Gasteiger partial charge is 0.312 e. The van der Waals surface area contributed by atoms with Crippen LogP contribution in [0.5, 0.6) is 0 Å². The van der Waals surface area contributed by atoms with Gasteiger partial charge in [0.05, 0.1) is 0 Å². The molecule has 0 unspecified atom stereocenters. The summed E-state index contributed by atoms with van der Waals surface area (Å²) in [5.74, 6) is 0. The fourth-order valence-corrected chi connectivity index (χ4v) is 2.47. The molecule has 0 aliphatic carbocycles. The fraction of sp³-hybridized carbons (Fsp3) is 0.571. The second kappa shape index (κ2) is 5.46. The van der Waals surface area contributed by atoms with E-state index >= 15 is 0 Å². The zero-order valence-electron chi connectivity index (χ0n) is 10.4. The Hall–Kier alpha value is -0.860. The maximum Gasteiger partial charge on any atom is 0.0446 e. The van der Waals surface area contributed by atoms with Crippen molar-refractivity contribution < 1.29 is 0 Å². The van der Waals surface area contributed by atoms with E-state index in [0.29, 0.717) is 6.04 Å². The lowest BCUT2D eigenvalue weighted by atomic mass is 10.0. The van der Waals surface area contributed by atoms with Gasteiger partial charge in [-0.3, -0.25) is 0 Å². The van der Waals surface area contributed by atoms with Gasteiger partial charge in [-0.1, -0.05) is 29.8 Å². The standard InChI is InChI=1S/C14H22N2/c1-12-6-5-7-13(10-12)14(15-2)11-16-8-3-4-9-16/h5-7,10,14-15H,3-4,8-9,11H2,1-2H3/t14-/m1/s1. The van der Waals surface area contributed by atoms with Gasteiger partial charge in [0.1, 0.15) is 0 Å². The first kappa shape index (κ1) is 11.6. The molecular weight excluding hydrogens is 196 g/mol. The lowest BCUT2D eigenvalue weighted by molar-refractivity contribution is 0.299. The van der Waals surface area contributed by atoms with Gasteiger partial charge in [0.2, 0.25) is 0 Å². The second-order valence-corrected chi connectivity index (χ2v) is 4.76. The molecule has 0 radical (unpaired) electrons. The van der Waals surface area contributed by atoms with Crippen LogP contribution in [0.2, 0.25) is 0 Å². The molecule has 1 aromatic carbocycles. The van der Waals surface area contributed by atoms with Gasteiger partial charge in [-0.05, 0) is 45.5 Å². The van der Waals surface area contributed by atoms with Crippen LogP contribution in [-0.2, 0) is 0 Å². The first-order valence-corrected chi connectivity index (χ1v) is 6.26. The van der Waals surface area contributed by atoms with Gasteiger partial charge in [0.15, 0.2) is 0 Å². The molecular formula is C14H22N2. The van der Waals surface area contributed by atoms with Gasteiger partial charge >= 0.3 is 0 Å². The molecule has 0 spiro atoms. The number of benzene rings is 1. The first-order chi connectivity index (χ1) is 7.79. The van der Waals surface area contributed by atoms with Crippen LogP contribution in [0.15, 0.2) is 24.3 Å². The van der Waals surface area contributed by atoms with Gasteiger partial charge in [-0.25, -0.2) is 0 Å². The Kier molecular flexibility index (Phi) is 3.97. The van der Waals surface area contributed by atoms with E-state index in [-0.39, 0.29) is 0 Å². The van der Waals surface area contributed by atoms with E-state index in [9.17, 15) is 0 Å². The number of hydrogen-bond acceptors (Lipinski definition) is 2. The lowest BCUT2D eigenvalue weighted by Crippen LogP contribution is -2.31. The summed E-state index contributed by atoms with van der Waals surface area (Å²) in [5, 5.41) is 3.43. The topological polar surface area (TPSA) is 15.3 Å². The molecule has 1 N–H and O–H groups in total. The Balaban J connectivity index is 2.03. The van der Waals surface area contributed by atoms with Crippen molar-refractivity contribution in [1.29, 1.82) is 0 Å². The number of likely N-dealkylation sites (N-methyl/N-ethyl adjacent to an activating group) is 1. The average Bonchev–Trinajstić information content (AvgIpc) is 2.78. The van der Waals surface area contributed by atoms with E-state index < -0.39 is 0 Å². The summed E-state index contributed by atoms with van der Waals surface area (Å²) in [7, 11) is 2.06. The Morgan fingerprint density at radius 1 is 1.31 bits per heavy atom. The van der Waals surface area contributed by atoms with Crippen LogP contribution in [-0.4, -0.2) is 31.6 Å². The van der Waals surface area contributed by atoms with Crippen molar-refractivity contribution in [2.24, 2.45) is 0 Å². The summed E-state index contributed by atoms with van der Waals surface area (Å²) >= 11 is 0. The number of nitrogens with zero attached hydrogens (tertiary/aromatic N) is 1. The SMILES string of the molecule is CN[C@H](CN1CCCC1)c1cccc(C)c1. The number of aryl methyl sites for hydroxylation is 1. The maximum absolute atomic E-state index is 3.43. The van der Waals surface area contributed by atoms with Crippen LogP contribution < -0.4 is 5.32 Å². The van der Waals surface area contributed by atoms with E-state index in [2.05, 4.69) is 48.5 Å². The van der Waals surface area contributed by atoms with Crippen LogP contribution >= 0.6 is 0 Å². The molecule has 2 rings (SSSR count). The third kappa shape index (κ3) is 2.83. The molecule has 0 saturated carbocycles. The highest BCUT2D eigenvalue weighted by Crippen LogP contribution is 2.18. The highest BCUT2D eigenvalue weighted by atomic mass is 15.2. The minimum absolute atomic E-state index is 0.470. The number of hydrogen-bond donors (Lipinski definition) is 1. The minimum atomic E-state index is 0.470. The monoisotopic (exact) mass is 218 g/mol. The summed E-state index contributed by atoms with van der Waals surface area (Å²) in [4.78, 5) is 2.56. The third-order valence-electron chi connectivity index (χ3n) is 3.43. The van der Waals surface area contributed by atoms with Crippen molar-refractivity contribution in [1.82, 2.24) is 10.2 Å². The van der Waals surface area contributed by atoms with Crippen molar-refractivity contribution in [2.45, 2.75) is 25.8 Å². The highest BCUT2D eigenvalue weighted by molar-refractivity contribution is 5.25. The Morgan fingerprint density at radius 3 is 2.69 bits per heavy atom. The molecule has 0 bridgehead atoms. The molecule has 0 amide bonds. The van der Waals surface area contributed by atoms with Gasteiger partial charge in [0, 0.05) is 12.6 Å². The van der Waals surface area contributed by atoms with Crippen molar-refractivity contribution in [2.75, 3.05) is 26.7 Å². The third-order valence-corrected chi connectivity index (χ3v) is 3.43. The average molecular weight is 218 g/mol. The summed E-state index contributed by atoms with van der Waals surface area (Å²) in [6.07, 6.45) is 2.73. The summed E-state index contributed by atoms with van der Waals surface area (Å²) in [6.45, 7) is 5.83. The van der Waals surface area contributed by atoms with E-state index in [1.54, 1.807) is 0 Å². The predicted molar refractivity (Wildman–Crippen MR) is 68.7 cm³/mol. The van der Waals surface area contributed by atoms with Crippen LogP contribution in [0, 0.1) is 6.92 Å². The normalized spacial score (nSPS) is 18.9. The van der Waals surface area contributed by atoms with E-state index in [4.69, 9.17) is 0 Å². The quantitative estimate of drug-likeness (QED) is 0.834. The summed E-state index contributed by atoms with van der Waals surface area (Å²) in [5.41, 5.74) is 2.76. The van der Waals surface area contributed by atoms with Gasteiger partial charge in [0.25, 0.3) is 0 Å². The van der Waals surface area contributed by atoms with E-state index in [1.807, 2.05) is 0 Å². The van der Waals surface area contributed by atoms with Crippen molar-refractivity contribution in [3.8, 4) is 0 Å². The molecule has 2 nitrogen and oxygen atoms in total. The first-order valence-electron chi connectivity index (χ1n) is 6.26. The summed E-state index contributed by atoms with van der Waals surface area (Å²) in [6, 6.07) is 9.30. The second-order valence-electron chi connectivity index (χ2n) is 4.76. The van der Waals surface area contributed by atoms with E-state index in [0.717, 1.165) is 6.54 Å². The smallest absolute Gasteiger partial charge is 0.0446 e. The molecule has 1 aromatic rings. The molecule has 16 heavy (non-hydrogen) atoms. The minimum Gasteiger partial charge on any atom is -0.312 e. The molecule has 88 valence electrons. The van der Waals surface area contributed by atoms with Crippen molar-refractivity contribution >= 4 is 0 Å². The van der Waals surface area contributed by atoms with Crippen LogP contribution in [0.1, 0.15) is 30.0 Å². The molecule has 1 saturated heterocycles. The summed E-state index contributed by atoms with van der Waals surface area (Å²) < 4.78 is 0. The van der Waals surface area contributed by atoms with E-state index in [1.165, 1.54) is 37.1 Å². The molecule has 1 heterocycles. The number of rotatable bonds is 4. The highest BCUT2D eigenvalue weighted by Gasteiger charge is 2.17. The predicted octanol–water partition coefficient (Wildman–Crippen LogP) is 2.35. The maximum atomic E-state index is 3.43. The zero-order chi connectivity index (χ0) is 11.4. The van der Waals surface area contributed by atoms with Crippen molar-refractivity contribution in [3.05, 3.63) is 35.4 Å². The molecule has 1 fully saturated rings. The van der Waals surface area contributed by atoms with Crippen LogP contribution in [0.25, 0.3) is 0 Å². The Morgan fingerprint density at radius 2 is 2.06 bits per heavy atom. The number of likely N-dealkylation sites (tertiary alicyclic amines) is 1. The molecule has 1 aliphatic rings. The zero-order valence-corrected chi connectivity index (χ0v) is 10.4. The van der Waals surface area contributed by atoms with Crippen LogP contribution in [0.3, 0.4) is 0 Å². The van der Waals surface area contributed by atoms with Crippen LogP contribution in [0.4, 0.5) is 0 Å². The van der Waals surface area contributed by atoms with Gasteiger partial charge in [-0.15, -0.1) is 0 Å². The van der Waals surface area contributed by atoms with Crippen molar-refractivity contribution in [3.63, 3.8) is 0 Å². The Labute approximate surface area is 98.7 Å². The van der Waals surface area contributed by atoms with Gasteiger partial charge in [-0.2, -0.15) is 0 Å². The number of nitrogens with one attached hydrogen (secondary N) is 1. The molecule has 1 atom stereocenters. The Bertz CT molecular complexity index is 329. The molecule has 0 aromatic heterocycles. The van der Waals surface area contributed by atoms with Gasteiger partial charge < -0.3 is 10.2 Å². The molecule has 2 heteroatoms. The fourth-order valence-electron chi connectivity index (χ4n) is 2.47. The lowest BCUT2D eigenvalue weighted by Gasteiger charge is -2.23. The molecule has 1 aliphatic heterocycles.